The normalized spacial score (nSPS) is 13.6. The number of methoxy groups -OCH3 is 1. The van der Waals surface area contributed by atoms with E-state index in [0.717, 1.165) is 22.3 Å². The van der Waals surface area contributed by atoms with Crippen molar-refractivity contribution >= 4 is 24.1 Å². The van der Waals surface area contributed by atoms with E-state index in [1.807, 2.05) is 19.9 Å². The van der Waals surface area contributed by atoms with Gasteiger partial charge in [-0.05, 0) is 84.4 Å². The Hall–Kier alpha value is -3.14. The summed E-state index contributed by atoms with van der Waals surface area (Å²) in [5.41, 5.74) is 10.8. The highest BCUT2D eigenvalue weighted by atomic mass is 16.5. The van der Waals surface area contributed by atoms with Crippen molar-refractivity contribution < 1.29 is 19.4 Å². The average molecular weight is 390 g/mol. The van der Waals surface area contributed by atoms with Crippen molar-refractivity contribution in [3.63, 3.8) is 0 Å². The van der Waals surface area contributed by atoms with Crippen LogP contribution in [0, 0.1) is 27.7 Å². The molecular formula is C25H26O4. The number of carboxylic acids is 1. The second-order valence-corrected chi connectivity index (χ2v) is 7.76. The number of fused-ring (bicyclic) bond motifs is 2. The number of hydrogen-bond donors (Lipinski definition) is 1. The second-order valence-electron chi connectivity index (χ2n) is 7.76. The van der Waals surface area contributed by atoms with Crippen molar-refractivity contribution in [1.29, 1.82) is 0 Å². The van der Waals surface area contributed by atoms with Crippen LogP contribution in [0.4, 0.5) is 0 Å². The third-order valence-electron chi connectivity index (χ3n) is 5.65. The molecule has 0 fully saturated rings. The molecule has 0 saturated heterocycles. The fourth-order valence-electron chi connectivity index (χ4n) is 3.66. The fourth-order valence-corrected chi connectivity index (χ4v) is 3.66. The number of rotatable bonds is 2. The summed E-state index contributed by atoms with van der Waals surface area (Å²) in [5, 5.41) is 8.86. The van der Waals surface area contributed by atoms with E-state index in [1.54, 1.807) is 6.08 Å². The van der Waals surface area contributed by atoms with E-state index in [0.29, 0.717) is 18.4 Å². The van der Waals surface area contributed by atoms with Gasteiger partial charge in [0, 0.05) is 24.0 Å². The minimum atomic E-state index is -0.809. The van der Waals surface area contributed by atoms with E-state index in [1.165, 1.54) is 34.9 Å². The molecule has 0 unspecified atom stereocenters. The minimum absolute atomic E-state index is 0.221. The van der Waals surface area contributed by atoms with Gasteiger partial charge in [0.15, 0.2) is 0 Å². The van der Waals surface area contributed by atoms with Crippen LogP contribution >= 0.6 is 0 Å². The lowest BCUT2D eigenvalue weighted by Crippen LogP contribution is -2.04. The van der Waals surface area contributed by atoms with Crippen LogP contribution in [0.2, 0.25) is 0 Å². The highest BCUT2D eigenvalue weighted by Crippen LogP contribution is 2.29. The molecule has 150 valence electrons. The van der Waals surface area contributed by atoms with Crippen molar-refractivity contribution in [1.82, 2.24) is 0 Å². The summed E-state index contributed by atoms with van der Waals surface area (Å²) >= 11 is 0. The van der Waals surface area contributed by atoms with Crippen molar-refractivity contribution in [2.45, 2.75) is 40.5 Å². The van der Waals surface area contributed by atoms with E-state index < -0.39 is 5.97 Å². The Balaban J connectivity index is 0.000000166. The Morgan fingerprint density at radius 3 is 1.62 bits per heavy atom. The molecule has 0 aromatic heterocycles. The summed E-state index contributed by atoms with van der Waals surface area (Å²) in [4.78, 5) is 22.1. The van der Waals surface area contributed by atoms with E-state index in [-0.39, 0.29) is 5.97 Å². The maximum absolute atomic E-state index is 11.4. The van der Waals surface area contributed by atoms with Gasteiger partial charge in [0.05, 0.1) is 7.11 Å². The topological polar surface area (TPSA) is 63.6 Å². The molecule has 0 bridgehead atoms. The van der Waals surface area contributed by atoms with Crippen LogP contribution in [-0.4, -0.2) is 24.2 Å². The number of carbonyl (C=O) groups excluding carboxylic acids is 1. The number of aliphatic carboxylic acids is 1. The molecule has 4 rings (SSSR count). The molecule has 0 heterocycles. The lowest BCUT2D eigenvalue weighted by Gasteiger charge is -2.04. The number of carboxylic acid groups (broad SMARTS) is 1. The molecule has 4 heteroatoms. The Morgan fingerprint density at radius 2 is 1.17 bits per heavy atom. The molecule has 0 atom stereocenters. The molecule has 0 spiro atoms. The van der Waals surface area contributed by atoms with E-state index in [9.17, 15) is 9.59 Å². The summed E-state index contributed by atoms with van der Waals surface area (Å²) in [5.74, 6) is -1.03. The van der Waals surface area contributed by atoms with Crippen LogP contribution in [0.3, 0.4) is 0 Å². The zero-order chi connectivity index (χ0) is 21.3. The van der Waals surface area contributed by atoms with Gasteiger partial charge in [-0.25, -0.2) is 9.59 Å². The van der Waals surface area contributed by atoms with E-state index in [2.05, 4.69) is 38.1 Å². The third kappa shape index (κ3) is 4.32. The third-order valence-corrected chi connectivity index (χ3v) is 5.65. The molecule has 2 aromatic rings. The average Bonchev–Trinajstić information content (AvgIpc) is 3.26. The standard InChI is InChI=1S/C13H14O2.C12H12O2/c1-8-4-10-6-12(13(14)15-3)7-11(10)5-9(8)2;1-7-3-9-5-11(12(13)14)6-10(9)4-8(7)2/h4-6H,7H2,1-3H3;3-5H,6H2,1-2H3,(H,13,14). The molecular weight excluding hydrogens is 364 g/mol. The van der Waals surface area contributed by atoms with Gasteiger partial charge < -0.3 is 9.84 Å². The molecule has 2 aliphatic carbocycles. The Bertz CT molecular complexity index is 1070. The van der Waals surface area contributed by atoms with Crippen LogP contribution in [0.15, 0.2) is 35.4 Å². The molecule has 4 nitrogen and oxygen atoms in total. The Labute approximate surface area is 171 Å². The molecule has 2 aromatic carbocycles. The zero-order valence-electron chi connectivity index (χ0n) is 17.6. The molecule has 29 heavy (non-hydrogen) atoms. The van der Waals surface area contributed by atoms with Gasteiger partial charge in [-0.15, -0.1) is 0 Å². The van der Waals surface area contributed by atoms with Crippen LogP contribution in [0.5, 0.6) is 0 Å². The quantitative estimate of drug-likeness (QED) is 0.752. The predicted molar refractivity (Wildman–Crippen MR) is 115 cm³/mol. The monoisotopic (exact) mass is 390 g/mol. The minimum Gasteiger partial charge on any atom is -0.478 e. The van der Waals surface area contributed by atoms with Gasteiger partial charge in [0.25, 0.3) is 0 Å². The number of aryl methyl sites for hydroxylation is 4. The first-order valence-electron chi connectivity index (χ1n) is 9.62. The van der Waals surface area contributed by atoms with Gasteiger partial charge in [0.1, 0.15) is 0 Å². The molecule has 0 saturated carbocycles. The summed E-state index contributed by atoms with van der Waals surface area (Å²) in [6, 6.07) is 8.41. The van der Waals surface area contributed by atoms with Crippen molar-refractivity contribution in [2.24, 2.45) is 0 Å². The smallest absolute Gasteiger partial charge is 0.334 e. The zero-order valence-corrected chi connectivity index (χ0v) is 17.6. The maximum atomic E-state index is 11.4. The molecule has 2 aliphatic rings. The molecule has 0 aliphatic heterocycles. The first-order valence-corrected chi connectivity index (χ1v) is 9.62. The van der Waals surface area contributed by atoms with Gasteiger partial charge >= 0.3 is 11.9 Å². The van der Waals surface area contributed by atoms with Gasteiger partial charge in [-0.2, -0.15) is 0 Å². The van der Waals surface area contributed by atoms with E-state index >= 15 is 0 Å². The number of ether oxygens (including phenoxy) is 1. The van der Waals surface area contributed by atoms with Crippen LogP contribution in [-0.2, 0) is 27.2 Å². The predicted octanol–water partition coefficient (Wildman–Crippen LogP) is 4.74. The van der Waals surface area contributed by atoms with Crippen LogP contribution in [0.25, 0.3) is 12.2 Å². The highest BCUT2D eigenvalue weighted by Gasteiger charge is 2.19. The summed E-state index contributed by atoms with van der Waals surface area (Å²) in [7, 11) is 1.42. The number of hydrogen-bond acceptors (Lipinski definition) is 3. The molecule has 0 amide bonds. The molecule has 0 radical (unpaired) electrons. The van der Waals surface area contributed by atoms with Crippen LogP contribution < -0.4 is 0 Å². The largest absolute Gasteiger partial charge is 0.478 e. The van der Waals surface area contributed by atoms with Crippen LogP contribution in [0.1, 0.15) is 44.5 Å². The number of benzene rings is 2. The van der Waals surface area contributed by atoms with E-state index in [4.69, 9.17) is 9.84 Å². The van der Waals surface area contributed by atoms with Crippen molar-refractivity contribution in [3.05, 3.63) is 79.9 Å². The SMILES string of the molecule is COC(=O)C1=Cc2cc(C)c(C)cc2C1.Cc1cc2c(cc1C)CC(C(=O)O)=C2. The lowest BCUT2D eigenvalue weighted by molar-refractivity contribution is -0.136. The second kappa shape index (κ2) is 8.08. The maximum Gasteiger partial charge on any atom is 0.334 e. The van der Waals surface area contributed by atoms with Crippen molar-refractivity contribution in [3.8, 4) is 0 Å². The lowest BCUT2D eigenvalue weighted by atomic mass is 10.0. The number of carbonyl (C=O) groups is 2. The first-order chi connectivity index (χ1) is 13.7. The first kappa shape index (κ1) is 20.6. The van der Waals surface area contributed by atoms with Crippen molar-refractivity contribution in [2.75, 3.05) is 7.11 Å². The highest BCUT2D eigenvalue weighted by molar-refractivity contribution is 5.97. The summed E-state index contributed by atoms with van der Waals surface area (Å²) < 4.78 is 4.72. The Kier molecular flexibility index (Phi) is 5.73. The number of esters is 1. The van der Waals surface area contributed by atoms with Gasteiger partial charge in [0.2, 0.25) is 0 Å². The van der Waals surface area contributed by atoms with Gasteiger partial charge in [-0.3, -0.25) is 0 Å². The molecule has 1 N–H and O–H groups in total. The van der Waals surface area contributed by atoms with Gasteiger partial charge in [-0.1, -0.05) is 24.3 Å². The summed E-state index contributed by atoms with van der Waals surface area (Å²) in [6.45, 7) is 8.27. The summed E-state index contributed by atoms with van der Waals surface area (Å²) in [6.07, 6.45) is 4.95. The Morgan fingerprint density at radius 1 is 0.759 bits per heavy atom. The fraction of sp³-hybridized carbons (Fsp3) is 0.280.